The zero-order valence-electron chi connectivity index (χ0n) is 9.62. The summed E-state index contributed by atoms with van der Waals surface area (Å²) in [6.07, 6.45) is 0. The molecule has 94 valence electrons. The molecule has 0 aliphatic heterocycles. The van der Waals surface area contributed by atoms with Crippen LogP contribution in [0.15, 0.2) is 42.5 Å². The van der Waals surface area contributed by atoms with E-state index in [0.717, 1.165) is 18.2 Å². The predicted octanol–water partition coefficient (Wildman–Crippen LogP) is 3.87. The van der Waals surface area contributed by atoms with Crippen molar-refractivity contribution in [3.8, 4) is 0 Å². The molecule has 0 bridgehead atoms. The van der Waals surface area contributed by atoms with E-state index in [1.807, 2.05) is 0 Å². The molecule has 2 aromatic rings. The van der Waals surface area contributed by atoms with Crippen molar-refractivity contribution in [2.45, 2.75) is 12.5 Å². The van der Waals surface area contributed by atoms with Gasteiger partial charge in [0.05, 0.1) is 0 Å². The summed E-state index contributed by atoms with van der Waals surface area (Å²) in [5.74, 6) is -1.27. The molecule has 1 nitrogen and oxygen atoms in total. The van der Waals surface area contributed by atoms with Crippen molar-refractivity contribution in [2.24, 2.45) is 0 Å². The zero-order chi connectivity index (χ0) is 13.3. The van der Waals surface area contributed by atoms with Crippen molar-refractivity contribution >= 4 is 11.6 Å². The fraction of sp³-hybridized carbons (Fsp3) is 0.143. The van der Waals surface area contributed by atoms with E-state index in [2.05, 4.69) is 0 Å². The highest BCUT2D eigenvalue weighted by atomic mass is 35.5. The second kappa shape index (κ2) is 4.67. The smallest absolute Gasteiger partial charge is 0.129 e. The molecule has 1 atom stereocenters. The Morgan fingerprint density at radius 1 is 1.11 bits per heavy atom. The third kappa shape index (κ3) is 2.37. The highest BCUT2D eigenvalue weighted by Gasteiger charge is 2.29. The summed E-state index contributed by atoms with van der Waals surface area (Å²) in [5.41, 5.74) is -1.36. The highest BCUT2D eigenvalue weighted by molar-refractivity contribution is 6.30. The third-order valence-electron chi connectivity index (χ3n) is 2.84. The van der Waals surface area contributed by atoms with E-state index < -0.39 is 17.2 Å². The number of hydrogen-bond acceptors (Lipinski definition) is 1. The van der Waals surface area contributed by atoms with Crippen LogP contribution in [0.3, 0.4) is 0 Å². The van der Waals surface area contributed by atoms with E-state index in [1.54, 1.807) is 18.2 Å². The minimum absolute atomic E-state index is 0.121. The number of hydrogen-bond donors (Lipinski definition) is 1. The number of benzene rings is 2. The Hall–Kier alpha value is -1.45. The Kier molecular flexibility index (Phi) is 3.37. The van der Waals surface area contributed by atoms with E-state index in [1.165, 1.54) is 13.0 Å². The Morgan fingerprint density at radius 3 is 2.50 bits per heavy atom. The number of aliphatic hydroxyl groups is 1. The van der Waals surface area contributed by atoms with Gasteiger partial charge in [0, 0.05) is 10.6 Å². The summed E-state index contributed by atoms with van der Waals surface area (Å²) < 4.78 is 26.9. The maximum atomic E-state index is 13.7. The van der Waals surface area contributed by atoms with Gasteiger partial charge in [0.25, 0.3) is 0 Å². The molecule has 1 N–H and O–H groups in total. The quantitative estimate of drug-likeness (QED) is 0.876. The van der Waals surface area contributed by atoms with Gasteiger partial charge in [-0.3, -0.25) is 0 Å². The molecule has 2 rings (SSSR count). The molecule has 0 spiro atoms. The first kappa shape index (κ1) is 13.0. The molecule has 0 aliphatic carbocycles. The van der Waals surface area contributed by atoms with Gasteiger partial charge in [-0.2, -0.15) is 0 Å². The second-order valence-corrected chi connectivity index (χ2v) is 4.64. The zero-order valence-corrected chi connectivity index (χ0v) is 10.4. The van der Waals surface area contributed by atoms with Gasteiger partial charge >= 0.3 is 0 Å². The number of halogens is 3. The van der Waals surface area contributed by atoms with E-state index >= 15 is 0 Å². The fourth-order valence-corrected chi connectivity index (χ4v) is 2.01. The highest BCUT2D eigenvalue weighted by Crippen LogP contribution is 2.32. The monoisotopic (exact) mass is 268 g/mol. The maximum Gasteiger partial charge on any atom is 0.129 e. The molecule has 0 radical (unpaired) electrons. The molecular formula is C14H11ClF2O. The van der Waals surface area contributed by atoms with Gasteiger partial charge in [0.2, 0.25) is 0 Å². The molecule has 0 amide bonds. The van der Waals surface area contributed by atoms with Gasteiger partial charge in [0.1, 0.15) is 17.2 Å². The van der Waals surface area contributed by atoms with Gasteiger partial charge < -0.3 is 5.11 Å². The topological polar surface area (TPSA) is 20.2 Å². The second-order valence-electron chi connectivity index (χ2n) is 4.21. The predicted molar refractivity (Wildman–Crippen MR) is 66.5 cm³/mol. The summed E-state index contributed by atoms with van der Waals surface area (Å²) in [5, 5.41) is 10.8. The maximum absolute atomic E-state index is 13.7. The molecule has 18 heavy (non-hydrogen) atoms. The van der Waals surface area contributed by atoms with E-state index in [-0.39, 0.29) is 5.56 Å². The Balaban J connectivity index is 2.57. The lowest BCUT2D eigenvalue weighted by Gasteiger charge is -2.25. The van der Waals surface area contributed by atoms with Gasteiger partial charge in [-0.25, -0.2) is 8.78 Å². The van der Waals surface area contributed by atoms with Crippen molar-refractivity contribution in [1.29, 1.82) is 0 Å². The third-order valence-corrected chi connectivity index (χ3v) is 3.07. The van der Waals surface area contributed by atoms with Crippen LogP contribution in [0.25, 0.3) is 0 Å². The SMILES string of the molecule is CC(O)(c1cccc(Cl)c1)c1cc(F)ccc1F. The molecule has 2 aromatic carbocycles. The molecule has 1 unspecified atom stereocenters. The molecule has 4 heteroatoms. The van der Waals surface area contributed by atoms with Gasteiger partial charge in [-0.05, 0) is 42.8 Å². The van der Waals surface area contributed by atoms with E-state index in [9.17, 15) is 13.9 Å². The van der Waals surface area contributed by atoms with Crippen molar-refractivity contribution in [1.82, 2.24) is 0 Å². The molecule has 0 aliphatic rings. The summed E-state index contributed by atoms with van der Waals surface area (Å²) in [6.45, 7) is 1.40. The largest absolute Gasteiger partial charge is 0.381 e. The van der Waals surface area contributed by atoms with Crippen LogP contribution < -0.4 is 0 Å². The normalized spacial score (nSPS) is 14.3. The first-order chi connectivity index (χ1) is 8.41. The van der Waals surface area contributed by atoms with Crippen LogP contribution in [-0.2, 0) is 5.60 Å². The lowest BCUT2D eigenvalue weighted by molar-refractivity contribution is 0.0975. The standard InChI is InChI=1S/C14H11ClF2O/c1-14(18,9-3-2-4-10(15)7-9)12-8-11(16)5-6-13(12)17/h2-8,18H,1H3. The summed E-state index contributed by atoms with van der Waals surface area (Å²) >= 11 is 5.83. The molecule has 0 heterocycles. The van der Waals surface area contributed by atoms with Crippen LogP contribution in [0, 0.1) is 11.6 Å². The molecular weight excluding hydrogens is 258 g/mol. The van der Waals surface area contributed by atoms with E-state index in [4.69, 9.17) is 11.6 Å². The minimum Gasteiger partial charge on any atom is -0.381 e. The summed E-state index contributed by atoms with van der Waals surface area (Å²) in [6, 6.07) is 9.39. The Labute approximate surface area is 109 Å². The van der Waals surface area contributed by atoms with E-state index in [0.29, 0.717) is 10.6 Å². The average Bonchev–Trinajstić information content (AvgIpc) is 2.32. The van der Waals surface area contributed by atoms with Crippen molar-refractivity contribution < 1.29 is 13.9 Å². The molecule has 0 aromatic heterocycles. The van der Waals surface area contributed by atoms with Crippen LogP contribution in [0.4, 0.5) is 8.78 Å². The number of rotatable bonds is 2. The van der Waals surface area contributed by atoms with Crippen LogP contribution in [0.2, 0.25) is 5.02 Å². The van der Waals surface area contributed by atoms with Gasteiger partial charge in [-0.1, -0.05) is 23.7 Å². The van der Waals surface area contributed by atoms with Crippen LogP contribution >= 0.6 is 11.6 Å². The van der Waals surface area contributed by atoms with Crippen LogP contribution in [0.1, 0.15) is 18.1 Å². The van der Waals surface area contributed by atoms with Crippen molar-refractivity contribution in [3.63, 3.8) is 0 Å². The molecule has 0 saturated carbocycles. The molecule has 0 fully saturated rings. The lowest BCUT2D eigenvalue weighted by Crippen LogP contribution is -2.24. The summed E-state index contributed by atoms with van der Waals surface area (Å²) in [7, 11) is 0. The fourth-order valence-electron chi connectivity index (χ4n) is 1.82. The van der Waals surface area contributed by atoms with Gasteiger partial charge in [-0.15, -0.1) is 0 Å². The van der Waals surface area contributed by atoms with Gasteiger partial charge in [0.15, 0.2) is 0 Å². The Bertz CT molecular complexity index is 582. The van der Waals surface area contributed by atoms with Crippen LogP contribution in [0.5, 0.6) is 0 Å². The average molecular weight is 269 g/mol. The molecule has 0 saturated heterocycles. The first-order valence-corrected chi connectivity index (χ1v) is 5.73. The summed E-state index contributed by atoms with van der Waals surface area (Å²) in [4.78, 5) is 0. The first-order valence-electron chi connectivity index (χ1n) is 5.35. The van der Waals surface area contributed by atoms with Crippen molar-refractivity contribution in [3.05, 3.63) is 70.2 Å². The van der Waals surface area contributed by atoms with Crippen LogP contribution in [-0.4, -0.2) is 5.11 Å². The van der Waals surface area contributed by atoms with Crippen molar-refractivity contribution in [2.75, 3.05) is 0 Å². The minimum atomic E-state index is -1.64. The lowest BCUT2D eigenvalue weighted by atomic mass is 9.88. The Morgan fingerprint density at radius 2 is 1.83 bits per heavy atom.